The van der Waals surface area contributed by atoms with Crippen molar-refractivity contribution in [2.75, 3.05) is 6.54 Å². The summed E-state index contributed by atoms with van der Waals surface area (Å²) >= 11 is 0. The van der Waals surface area contributed by atoms with Gasteiger partial charge in [-0.05, 0) is 58.9 Å². The molecule has 0 bridgehead atoms. The summed E-state index contributed by atoms with van der Waals surface area (Å²) in [7, 11) is 0. The Hall–Kier alpha value is -0.250. The SMILES string of the molecule is CC(C)(C)NCC1CCC(C(F)(F)F)CC1. The minimum atomic E-state index is -3.98. The van der Waals surface area contributed by atoms with E-state index in [-0.39, 0.29) is 5.54 Å². The molecule has 1 N–H and O–H groups in total. The summed E-state index contributed by atoms with van der Waals surface area (Å²) in [6.07, 6.45) is -1.97. The van der Waals surface area contributed by atoms with Gasteiger partial charge >= 0.3 is 6.18 Å². The number of rotatable bonds is 2. The van der Waals surface area contributed by atoms with E-state index in [1.807, 2.05) is 0 Å². The predicted molar refractivity (Wildman–Crippen MR) is 59.3 cm³/mol. The molecule has 1 saturated carbocycles. The highest BCUT2D eigenvalue weighted by Crippen LogP contribution is 2.39. The molecule has 1 rings (SSSR count). The van der Waals surface area contributed by atoms with Gasteiger partial charge in [0.05, 0.1) is 5.92 Å². The van der Waals surface area contributed by atoms with Crippen molar-refractivity contribution in [2.45, 2.75) is 58.2 Å². The maximum atomic E-state index is 12.4. The van der Waals surface area contributed by atoms with E-state index in [0.717, 1.165) is 6.54 Å². The van der Waals surface area contributed by atoms with Gasteiger partial charge < -0.3 is 5.32 Å². The first-order chi connectivity index (χ1) is 7.18. The van der Waals surface area contributed by atoms with Crippen LogP contribution >= 0.6 is 0 Å². The molecule has 0 spiro atoms. The fourth-order valence-corrected chi connectivity index (χ4v) is 2.14. The lowest BCUT2D eigenvalue weighted by Gasteiger charge is -2.32. The van der Waals surface area contributed by atoms with Crippen LogP contribution in [0, 0.1) is 11.8 Å². The van der Waals surface area contributed by atoms with Crippen molar-refractivity contribution in [1.82, 2.24) is 5.32 Å². The number of alkyl halides is 3. The molecule has 0 atom stereocenters. The zero-order valence-electron chi connectivity index (χ0n) is 10.3. The zero-order valence-corrected chi connectivity index (χ0v) is 10.3. The van der Waals surface area contributed by atoms with Crippen LogP contribution in [0.3, 0.4) is 0 Å². The third-order valence-electron chi connectivity index (χ3n) is 3.23. The van der Waals surface area contributed by atoms with Gasteiger partial charge in [0.1, 0.15) is 0 Å². The molecule has 0 aromatic carbocycles. The molecule has 16 heavy (non-hydrogen) atoms. The van der Waals surface area contributed by atoms with Crippen LogP contribution in [0.15, 0.2) is 0 Å². The molecule has 0 radical (unpaired) electrons. The van der Waals surface area contributed by atoms with Crippen LogP contribution in [0.5, 0.6) is 0 Å². The predicted octanol–water partition coefficient (Wildman–Crippen LogP) is 3.74. The van der Waals surface area contributed by atoms with Crippen molar-refractivity contribution in [3.63, 3.8) is 0 Å². The lowest BCUT2D eigenvalue weighted by molar-refractivity contribution is -0.183. The van der Waals surface area contributed by atoms with Gasteiger partial charge in [0, 0.05) is 5.54 Å². The lowest BCUT2D eigenvalue weighted by Crippen LogP contribution is -2.40. The van der Waals surface area contributed by atoms with E-state index in [1.54, 1.807) is 0 Å². The number of halogens is 3. The highest BCUT2D eigenvalue weighted by molar-refractivity contribution is 4.80. The van der Waals surface area contributed by atoms with Crippen molar-refractivity contribution >= 4 is 0 Å². The molecule has 1 nitrogen and oxygen atoms in total. The highest BCUT2D eigenvalue weighted by atomic mass is 19.4. The number of hydrogen-bond donors (Lipinski definition) is 1. The summed E-state index contributed by atoms with van der Waals surface area (Å²) in [6.45, 7) is 7.07. The fourth-order valence-electron chi connectivity index (χ4n) is 2.14. The molecule has 0 aromatic heterocycles. The first kappa shape index (κ1) is 13.8. The molecule has 0 aliphatic heterocycles. The summed E-state index contributed by atoms with van der Waals surface area (Å²) in [4.78, 5) is 0. The minimum Gasteiger partial charge on any atom is -0.312 e. The molecule has 0 saturated heterocycles. The molecule has 1 fully saturated rings. The Bertz CT molecular complexity index is 209. The topological polar surface area (TPSA) is 12.0 Å². The molecule has 0 heterocycles. The molecule has 0 unspecified atom stereocenters. The van der Waals surface area contributed by atoms with E-state index < -0.39 is 12.1 Å². The first-order valence-corrected chi connectivity index (χ1v) is 6.00. The highest BCUT2D eigenvalue weighted by Gasteiger charge is 2.41. The quantitative estimate of drug-likeness (QED) is 0.771. The van der Waals surface area contributed by atoms with Crippen LogP contribution in [0.25, 0.3) is 0 Å². The van der Waals surface area contributed by atoms with Gasteiger partial charge in [-0.25, -0.2) is 0 Å². The Morgan fingerprint density at radius 2 is 1.50 bits per heavy atom. The van der Waals surface area contributed by atoms with E-state index in [9.17, 15) is 13.2 Å². The largest absolute Gasteiger partial charge is 0.391 e. The van der Waals surface area contributed by atoms with Crippen LogP contribution in [0.2, 0.25) is 0 Å². The lowest BCUT2D eigenvalue weighted by atomic mass is 9.81. The molecular weight excluding hydrogens is 215 g/mol. The van der Waals surface area contributed by atoms with Crippen LogP contribution in [0.1, 0.15) is 46.5 Å². The Labute approximate surface area is 95.8 Å². The van der Waals surface area contributed by atoms with Crippen molar-refractivity contribution in [3.05, 3.63) is 0 Å². The summed E-state index contributed by atoms with van der Waals surface area (Å²) in [5, 5.41) is 3.36. The Balaban J connectivity index is 2.28. The van der Waals surface area contributed by atoms with Gasteiger partial charge in [0.2, 0.25) is 0 Å². The van der Waals surface area contributed by atoms with Gasteiger partial charge in [-0.3, -0.25) is 0 Å². The summed E-state index contributed by atoms with van der Waals surface area (Å²) in [5.41, 5.74) is 0.0564. The van der Waals surface area contributed by atoms with Gasteiger partial charge in [0.25, 0.3) is 0 Å². The van der Waals surface area contributed by atoms with Crippen molar-refractivity contribution in [1.29, 1.82) is 0 Å². The van der Waals surface area contributed by atoms with Crippen LogP contribution < -0.4 is 5.32 Å². The van der Waals surface area contributed by atoms with E-state index in [4.69, 9.17) is 0 Å². The number of nitrogens with one attached hydrogen (secondary N) is 1. The summed E-state index contributed by atoms with van der Waals surface area (Å²) < 4.78 is 37.3. The van der Waals surface area contributed by atoms with Gasteiger partial charge in [-0.1, -0.05) is 0 Å². The monoisotopic (exact) mass is 237 g/mol. The molecule has 1 aliphatic carbocycles. The summed E-state index contributed by atoms with van der Waals surface area (Å²) in [6, 6.07) is 0. The molecule has 1 aliphatic rings. The van der Waals surface area contributed by atoms with Crippen molar-refractivity contribution in [3.8, 4) is 0 Å². The van der Waals surface area contributed by atoms with E-state index in [0.29, 0.717) is 31.6 Å². The third kappa shape index (κ3) is 4.73. The Morgan fingerprint density at radius 3 is 1.88 bits per heavy atom. The maximum Gasteiger partial charge on any atom is 0.391 e. The van der Waals surface area contributed by atoms with Crippen LogP contribution in [-0.4, -0.2) is 18.3 Å². The first-order valence-electron chi connectivity index (χ1n) is 6.00. The van der Waals surface area contributed by atoms with Gasteiger partial charge in [-0.15, -0.1) is 0 Å². The van der Waals surface area contributed by atoms with Gasteiger partial charge in [-0.2, -0.15) is 13.2 Å². The fraction of sp³-hybridized carbons (Fsp3) is 1.00. The van der Waals surface area contributed by atoms with E-state index >= 15 is 0 Å². The van der Waals surface area contributed by atoms with Crippen LogP contribution in [0.4, 0.5) is 13.2 Å². The normalized spacial score (nSPS) is 28.1. The average molecular weight is 237 g/mol. The maximum absolute atomic E-state index is 12.4. The van der Waals surface area contributed by atoms with Crippen LogP contribution in [-0.2, 0) is 0 Å². The molecular formula is C12H22F3N. The average Bonchev–Trinajstić information content (AvgIpc) is 2.13. The Morgan fingerprint density at radius 1 is 1.00 bits per heavy atom. The standard InChI is InChI=1S/C12H22F3N/c1-11(2,3)16-8-9-4-6-10(7-5-9)12(13,14)15/h9-10,16H,4-8H2,1-3H3. The molecule has 4 heteroatoms. The van der Waals surface area contributed by atoms with E-state index in [1.165, 1.54) is 0 Å². The minimum absolute atomic E-state index is 0.0564. The molecule has 0 amide bonds. The Kier molecular flexibility index (Phi) is 4.27. The van der Waals surface area contributed by atoms with Crippen molar-refractivity contribution < 1.29 is 13.2 Å². The molecule has 0 aromatic rings. The second-order valence-corrected chi connectivity index (χ2v) is 5.89. The van der Waals surface area contributed by atoms with E-state index in [2.05, 4.69) is 26.1 Å². The van der Waals surface area contributed by atoms with Gasteiger partial charge in [0.15, 0.2) is 0 Å². The number of hydrogen-bond acceptors (Lipinski definition) is 1. The second-order valence-electron chi connectivity index (χ2n) is 5.89. The smallest absolute Gasteiger partial charge is 0.312 e. The third-order valence-corrected chi connectivity index (χ3v) is 3.23. The second kappa shape index (κ2) is 4.94. The van der Waals surface area contributed by atoms with Crippen molar-refractivity contribution in [2.24, 2.45) is 11.8 Å². The zero-order chi connectivity index (χ0) is 12.4. The summed E-state index contributed by atoms with van der Waals surface area (Å²) in [5.74, 6) is -0.642. The molecule has 96 valence electrons.